The van der Waals surface area contributed by atoms with Gasteiger partial charge in [-0.15, -0.1) is 0 Å². The number of ether oxygens (including phenoxy) is 1. The number of aryl methyl sites for hydroxylation is 1. The van der Waals surface area contributed by atoms with E-state index >= 15 is 0 Å². The molecule has 4 rings (SSSR count). The first kappa shape index (κ1) is 24.0. The number of carbonyl (C=O) groups is 1. The summed E-state index contributed by atoms with van der Waals surface area (Å²) in [4.78, 5) is 22.2. The number of nitrogens with two attached hydrogens (primary N) is 1. The first-order chi connectivity index (χ1) is 16.2. The molecule has 178 valence electrons. The molecule has 0 saturated carbocycles. The van der Waals surface area contributed by atoms with Crippen molar-refractivity contribution >= 4 is 21.4 Å². The summed E-state index contributed by atoms with van der Waals surface area (Å²) < 4.78 is 29.1. The van der Waals surface area contributed by atoms with Gasteiger partial charge in [-0.05, 0) is 43.9 Å². The van der Waals surface area contributed by atoms with E-state index in [9.17, 15) is 13.2 Å². The van der Waals surface area contributed by atoms with Gasteiger partial charge in [0.1, 0.15) is 11.5 Å². The average molecular weight is 480 g/mol. The third-order valence-corrected chi connectivity index (χ3v) is 7.28. The van der Waals surface area contributed by atoms with Crippen LogP contribution in [0.4, 0.5) is 5.82 Å². The molecule has 0 amide bonds. The first-order valence-corrected chi connectivity index (χ1v) is 13.3. The first-order valence-electron chi connectivity index (χ1n) is 11.4. The number of Topliss-reactive ketones (excluding diaryl/α,β-unsaturated/α-hetero) is 1. The lowest BCUT2D eigenvalue weighted by Crippen LogP contribution is -2.22. The molecule has 7 nitrogen and oxygen atoms in total. The van der Waals surface area contributed by atoms with Gasteiger partial charge in [0.2, 0.25) is 0 Å². The standard InChI is InChI=1S/C26H29N3O4S/c1-17-14-21(12-13-33-17)23-16-28-26(27)25(29-23)20-9-7-19(8-10-20)24(30)11-6-18-4-3-5-22(15-18)34(2,31)32/h3-5,7-10,15-17,21H,6,11-14H2,1-2H3,(H2,27,28)/t17-,21?/m0/s1. The molecule has 0 radical (unpaired) electrons. The van der Waals surface area contributed by atoms with E-state index in [1.165, 1.54) is 6.26 Å². The van der Waals surface area contributed by atoms with Crippen LogP contribution in [0.15, 0.2) is 59.6 Å². The molecule has 0 bridgehead atoms. The maximum absolute atomic E-state index is 12.7. The van der Waals surface area contributed by atoms with Crippen LogP contribution >= 0.6 is 0 Å². The number of carbonyl (C=O) groups excluding carboxylic acids is 1. The molecule has 1 aliphatic heterocycles. The van der Waals surface area contributed by atoms with Crippen LogP contribution in [0.5, 0.6) is 0 Å². The Morgan fingerprint density at radius 2 is 1.94 bits per heavy atom. The van der Waals surface area contributed by atoms with Crippen LogP contribution in [0, 0.1) is 0 Å². The third-order valence-electron chi connectivity index (χ3n) is 6.17. The number of hydrogen-bond acceptors (Lipinski definition) is 7. The second kappa shape index (κ2) is 10.0. The summed E-state index contributed by atoms with van der Waals surface area (Å²) in [7, 11) is -3.28. The Balaban J connectivity index is 1.46. The van der Waals surface area contributed by atoms with E-state index in [1.54, 1.807) is 36.5 Å². The number of nitrogens with zero attached hydrogens (tertiary/aromatic N) is 2. The van der Waals surface area contributed by atoms with E-state index < -0.39 is 9.84 Å². The zero-order valence-electron chi connectivity index (χ0n) is 19.4. The Kier molecular flexibility index (Phi) is 7.09. The zero-order chi connectivity index (χ0) is 24.3. The van der Waals surface area contributed by atoms with Crippen LogP contribution in [0.1, 0.15) is 53.7 Å². The van der Waals surface area contributed by atoms with Gasteiger partial charge in [0, 0.05) is 36.3 Å². The lowest BCUT2D eigenvalue weighted by molar-refractivity contribution is 0.0179. The molecule has 1 aromatic heterocycles. The molecule has 1 saturated heterocycles. The Morgan fingerprint density at radius 1 is 1.18 bits per heavy atom. The largest absolute Gasteiger partial charge is 0.382 e. The molecule has 1 aliphatic rings. The molecule has 2 N–H and O–H groups in total. The normalized spacial score (nSPS) is 18.5. The number of nitrogen functional groups attached to an aromatic ring is 1. The lowest BCUT2D eigenvalue weighted by atomic mass is 9.93. The predicted octanol–water partition coefficient (Wildman–Crippen LogP) is 4.23. The average Bonchev–Trinajstić information content (AvgIpc) is 2.82. The van der Waals surface area contributed by atoms with Gasteiger partial charge < -0.3 is 10.5 Å². The molecule has 2 aromatic carbocycles. The minimum Gasteiger partial charge on any atom is -0.382 e. The number of sulfone groups is 1. The fraction of sp³-hybridized carbons (Fsp3) is 0.346. The summed E-state index contributed by atoms with van der Waals surface area (Å²) in [6, 6.07) is 13.9. The number of benzene rings is 2. The van der Waals surface area contributed by atoms with Crippen molar-refractivity contribution in [1.29, 1.82) is 0 Å². The summed E-state index contributed by atoms with van der Waals surface area (Å²) in [6.07, 6.45) is 5.68. The molecular formula is C26H29N3O4S. The molecule has 2 atom stereocenters. The topological polar surface area (TPSA) is 112 Å². The van der Waals surface area contributed by atoms with Gasteiger partial charge in [0.25, 0.3) is 0 Å². The Bertz CT molecular complexity index is 1290. The lowest BCUT2D eigenvalue weighted by Gasteiger charge is -2.27. The van der Waals surface area contributed by atoms with Gasteiger partial charge >= 0.3 is 0 Å². The summed E-state index contributed by atoms with van der Waals surface area (Å²) in [5, 5.41) is 0. The highest BCUT2D eigenvalue weighted by molar-refractivity contribution is 7.90. The Hall–Kier alpha value is -3.10. The molecule has 0 spiro atoms. The van der Waals surface area contributed by atoms with Crippen molar-refractivity contribution in [2.45, 2.75) is 49.5 Å². The van der Waals surface area contributed by atoms with Gasteiger partial charge in [-0.1, -0.05) is 36.4 Å². The van der Waals surface area contributed by atoms with Crippen LogP contribution in [0.25, 0.3) is 11.3 Å². The third kappa shape index (κ3) is 5.69. The minimum absolute atomic E-state index is 0.0136. The SMILES string of the molecule is C[C@H]1CC(c2cnc(N)c(-c3ccc(C(=O)CCc4cccc(S(C)(=O)=O)c4)cc3)n2)CCO1. The smallest absolute Gasteiger partial charge is 0.175 e. The van der Waals surface area contributed by atoms with Crippen molar-refractivity contribution in [3.8, 4) is 11.3 Å². The van der Waals surface area contributed by atoms with Crippen molar-refractivity contribution in [2.75, 3.05) is 18.6 Å². The highest BCUT2D eigenvalue weighted by Gasteiger charge is 2.23. The Morgan fingerprint density at radius 3 is 2.65 bits per heavy atom. The second-order valence-electron chi connectivity index (χ2n) is 8.85. The molecule has 8 heteroatoms. The maximum atomic E-state index is 12.7. The van der Waals surface area contributed by atoms with Crippen LogP contribution in [-0.2, 0) is 21.0 Å². The van der Waals surface area contributed by atoms with E-state index in [2.05, 4.69) is 11.9 Å². The van der Waals surface area contributed by atoms with Crippen LogP contribution in [0.3, 0.4) is 0 Å². The number of aromatic nitrogens is 2. The minimum atomic E-state index is -3.28. The molecule has 3 aromatic rings. The fourth-order valence-electron chi connectivity index (χ4n) is 4.24. The van der Waals surface area contributed by atoms with Crippen molar-refractivity contribution in [1.82, 2.24) is 9.97 Å². The van der Waals surface area contributed by atoms with Crippen LogP contribution < -0.4 is 5.73 Å². The highest BCUT2D eigenvalue weighted by atomic mass is 32.2. The van der Waals surface area contributed by atoms with Crippen molar-refractivity contribution in [3.63, 3.8) is 0 Å². The van der Waals surface area contributed by atoms with Gasteiger partial charge in [0.05, 0.1) is 22.9 Å². The van der Waals surface area contributed by atoms with Gasteiger partial charge in [-0.3, -0.25) is 4.79 Å². The zero-order valence-corrected chi connectivity index (χ0v) is 20.2. The quantitative estimate of drug-likeness (QED) is 0.505. The molecule has 1 fully saturated rings. The van der Waals surface area contributed by atoms with Gasteiger partial charge in [-0.25, -0.2) is 18.4 Å². The Labute approximate surface area is 200 Å². The van der Waals surface area contributed by atoms with E-state index in [0.29, 0.717) is 30.1 Å². The molecule has 34 heavy (non-hydrogen) atoms. The van der Waals surface area contributed by atoms with Crippen molar-refractivity contribution in [3.05, 3.63) is 71.5 Å². The van der Waals surface area contributed by atoms with Crippen molar-refractivity contribution in [2.24, 2.45) is 0 Å². The van der Waals surface area contributed by atoms with Crippen LogP contribution in [-0.4, -0.2) is 43.1 Å². The van der Waals surface area contributed by atoms with E-state index in [-0.39, 0.29) is 29.1 Å². The number of rotatable bonds is 7. The van der Waals surface area contributed by atoms with Gasteiger partial charge in [0.15, 0.2) is 15.6 Å². The van der Waals surface area contributed by atoms with Crippen LogP contribution in [0.2, 0.25) is 0 Å². The van der Waals surface area contributed by atoms with E-state index in [1.807, 2.05) is 18.2 Å². The second-order valence-corrected chi connectivity index (χ2v) is 10.9. The van der Waals surface area contributed by atoms with Gasteiger partial charge in [-0.2, -0.15) is 0 Å². The number of anilines is 1. The predicted molar refractivity (Wildman–Crippen MR) is 131 cm³/mol. The highest BCUT2D eigenvalue weighted by Crippen LogP contribution is 2.31. The fourth-order valence-corrected chi connectivity index (χ4v) is 4.93. The number of hydrogen-bond donors (Lipinski definition) is 1. The maximum Gasteiger partial charge on any atom is 0.175 e. The van der Waals surface area contributed by atoms with E-state index in [4.69, 9.17) is 15.5 Å². The number of ketones is 1. The van der Waals surface area contributed by atoms with Crippen molar-refractivity contribution < 1.29 is 17.9 Å². The monoisotopic (exact) mass is 479 g/mol. The molecule has 1 unspecified atom stereocenters. The molecule has 2 heterocycles. The molecular weight excluding hydrogens is 450 g/mol. The molecule has 0 aliphatic carbocycles. The summed E-state index contributed by atoms with van der Waals surface area (Å²) in [5.74, 6) is 0.631. The summed E-state index contributed by atoms with van der Waals surface area (Å²) >= 11 is 0. The summed E-state index contributed by atoms with van der Waals surface area (Å²) in [6.45, 7) is 2.78. The van der Waals surface area contributed by atoms with E-state index in [0.717, 1.165) is 29.7 Å². The summed E-state index contributed by atoms with van der Waals surface area (Å²) in [5.41, 5.74) is 9.87.